The normalized spacial score (nSPS) is 10.9. The highest BCUT2D eigenvalue weighted by Gasteiger charge is 2.23. The number of hydrogen-bond donors (Lipinski definition) is 3. The van der Waals surface area contributed by atoms with E-state index in [4.69, 9.17) is 25.4 Å². The summed E-state index contributed by atoms with van der Waals surface area (Å²) in [6.45, 7) is 0. The second-order valence-electron chi connectivity index (χ2n) is 0.889. The molecule has 0 aliphatic rings. The predicted octanol–water partition coefficient (Wildman–Crippen LogP) is -2.22. The Hall–Kier alpha value is -0.920. The van der Waals surface area contributed by atoms with Gasteiger partial charge in [0.1, 0.15) is 0 Å². The van der Waals surface area contributed by atoms with Crippen molar-refractivity contribution >= 4 is 0 Å². The molecule has 0 aliphatic carbocycles. The lowest BCUT2D eigenvalue weighted by atomic mass is 11.2. The van der Waals surface area contributed by atoms with E-state index in [1.54, 1.807) is 0 Å². The van der Waals surface area contributed by atoms with Gasteiger partial charge in [0.25, 0.3) is 0 Å². The topological polar surface area (TPSA) is 113 Å². The lowest BCUT2D eigenvalue weighted by Gasteiger charge is -2.07. The van der Waals surface area contributed by atoms with Gasteiger partial charge in [-0.3, -0.25) is 0 Å². The molecular formula is CH3NO6. The summed E-state index contributed by atoms with van der Waals surface area (Å²) in [5.74, 6) is 0. The Morgan fingerprint density at radius 3 is 1.88 bits per heavy atom. The van der Waals surface area contributed by atoms with Crippen LogP contribution in [0.2, 0.25) is 0 Å². The van der Waals surface area contributed by atoms with Crippen molar-refractivity contribution in [1.82, 2.24) is 0 Å². The van der Waals surface area contributed by atoms with Gasteiger partial charge in [-0.1, -0.05) is 0 Å². The molecule has 0 atom stereocenters. The molecule has 0 bridgehead atoms. The van der Waals surface area contributed by atoms with Gasteiger partial charge in [0.05, 0.1) is 0 Å². The average molecular weight is 125 g/mol. The zero-order valence-electron chi connectivity index (χ0n) is 3.51. The first-order chi connectivity index (χ1) is 3.42. The van der Waals surface area contributed by atoms with Crippen LogP contribution in [-0.2, 0) is 4.84 Å². The number of rotatable bonds is 2. The van der Waals surface area contributed by atoms with Crippen molar-refractivity contribution in [3.8, 4) is 0 Å². The second-order valence-corrected chi connectivity index (χ2v) is 0.889. The highest BCUT2D eigenvalue weighted by molar-refractivity contribution is 4.08. The predicted molar refractivity (Wildman–Crippen MR) is 17.5 cm³/mol. The van der Waals surface area contributed by atoms with E-state index in [2.05, 4.69) is 4.84 Å². The van der Waals surface area contributed by atoms with Crippen LogP contribution in [0.4, 0.5) is 0 Å². The third-order valence-corrected chi connectivity index (χ3v) is 0.197. The van der Waals surface area contributed by atoms with Crippen molar-refractivity contribution < 1.29 is 25.2 Å². The van der Waals surface area contributed by atoms with Crippen molar-refractivity contribution in [1.29, 1.82) is 0 Å². The molecule has 0 radical (unpaired) electrons. The lowest BCUT2D eigenvalue weighted by Crippen LogP contribution is -2.33. The largest absolute Gasteiger partial charge is 0.440 e. The van der Waals surface area contributed by atoms with Gasteiger partial charge >= 0.3 is 11.2 Å². The molecule has 0 aromatic rings. The van der Waals surface area contributed by atoms with Crippen LogP contribution in [0.3, 0.4) is 0 Å². The quantitative estimate of drug-likeness (QED) is 0.219. The van der Waals surface area contributed by atoms with Gasteiger partial charge in [-0.05, 0) is 0 Å². The fourth-order valence-electron chi connectivity index (χ4n) is 0.100. The Bertz CT molecular complexity index is 91.2. The van der Waals surface area contributed by atoms with E-state index in [0.29, 0.717) is 0 Å². The van der Waals surface area contributed by atoms with Crippen molar-refractivity contribution in [3.63, 3.8) is 0 Å². The molecule has 0 spiro atoms. The molecule has 48 valence electrons. The summed E-state index contributed by atoms with van der Waals surface area (Å²) < 4.78 is 0. The SMILES string of the molecule is O=[N+]([O-])OC(O)(O)O. The third kappa shape index (κ3) is 5.08. The molecule has 0 saturated carbocycles. The van der Waals surface area contributed by atoms with Crippen LogP contribution in [0.25, 0.3) is 0 Å². The highest BCUT2D eigenvalue weighted by atomic mass is 17.1. The van der Waals surface area contributed by atoms with Gasteiger partial charge in [-0.2, -0.15) is 0 Å². The van der Waals surface area contributed by atoms with Crippen molar-refractivity contribution in [2.45, 2.75) is 6.16 Å². The fourth-order valence-corrected chi connectivity index (χ4v) is 0.100. The summed E-state index contributed by atoms with van der Waals surface area (Å²) in [5.41, 5.74) is 0. The Kier molecular flexibility index (Phi) is 1.68. The molecule has 8 heavy (non-hydrogen) atoms. The van der Waals surface area contributed by atoms with E-state index in [0.717, 1.165) is 0 Å². The van der Waals surface area contributed by atoms with Gasteiger partial charge in [-0.15, -0.1) is 10.1 Å². The molecule has 7 heteroatoms. The molecule has 0 aromatic carbocycles. The molecular weight excluding hydrogens is 122 g/mol. The lowest BCUT2D eigenvalue weighted by molar-refractivity contribution is -0.835. The highest BCUT2D eigenvalue weighted by Crippen LogP contribution is 1.92. The van der Waals surface area contributed by atoms with Crippen LogP contribution in [0.5, 0.6) is 0 Å². The van der Waals surface area contributed by atoms with E-state index >= 15 is 0 Å². The van der Waals surface area contributed by atoms with Crippen LogP contribution in [-0.4, -0.2) is 26.6 Å². The first-order valence-corrected chi connectivity index (χ1v) is 1.42. The summed E-state index contributed by atoms with van der Waals surface area (Å²) in [6.07, 6.45) is -3.68. The van der Waals surface area contributed by atoms with Gasteiger partial charge in [0.2, 0.25) is 0 Å². The molecule has 0 aliphatic heterocycles. The molecule has 0 rings (SSSR count). The zero-order chi connectivity index (χ0) is 6.78. The van der Waals surface area contributed by atoms with Crippen LogP contribution in [0.15, 0.2) is 0 Å². The third-order valence-electron chi connectivity index (χ3n) is 0.197. The number of hydrogen-bond acceptors (Lipinski definition) is 6. The minimum absolute atomic E-state index is 1.54. The van der Waals surface area contributed by atoms with Crippen molar-refractivity contribution in [2.24, 2.45) is 0 Å². The summed E-state index contributed by atoms with van der Waals surface area (Å²) >= 11 is 0. The molecule has 0 fully saturated rings. The maximum Gasteiger partial charge on any atom is 0.440 e. The fraction of sp³-hybridized carbons (Fsp3) is 1.00. The summed E-state index contributed by atoms with van der Waals surface area (Å²) in [4.78, 5) is 11.9. The smallest absolute Gasteiger partial charge is 0.321 e. The van der Waals surface area contributed by atoms with Gasteiger partial charge < -0.3 is 15.3 Å². The Balaban J connectivity index is 3.55. The van der Waals surface area contributed by atoms with Gasteiger partial charge in [-0.25, -0.2) is 4.84 Å². The minimum Gasteiger partial charge on any atom is -0.321 e. The van der Waals surface area contributed by atoms with E-state index in [-0.39, 0.29) is 0 Å². The van der Waals surface area contributed by atoms with E-state index < -0.39 is 11.2 Å². The Morgan fingerprint density at radius 2 is 1.88 bits per heavy atom. The maximum absolute atomic E-state index is 9.12. The van der Waals surface area contributed by atoms with Crippen LogP contribution in [0, 0.1) is 10.1 Å². The van der Waals surface area contributed by atoms with Crippen LogP contribution >= 0.6 is 0 Å². The molecule has 0 heterocycles. The van der Waals surface area contributed by atoms with E-state index in [9.17, 15) is 0 Å². The van der Waals surface area contributed by atoms with E-state index in [1.165, 1.54) is 0 Å². The zero-order valence-corrected chi connectivity index (χ0v) is 3.51. The van der Waals surface area contributed by atoms with E-state index in [1.807, 2.05) is 0 Å². The Labute approximate surface area is 42.8 Å². The minimum atomic E-state index is -3.68. The molecule has 0 saturated heterocycles. The van der Waals surface area contributed by atoms with Gasteiger partial charge in [0, 0.05) is 0 Å². The maximum atomic E-state index is 9.12. The standard InChI is InChI=1S/CH3NO6/c3-1(4,5)8-2(6)7/h3-5H. The Morgan fingerprint density at radius 1 is 1.50 bits per heavy atom. The van der Waals surface area contributed by atoms with Crippen molar-refractivity contribution in [2.75, 3.05) is 0 Å². The summed E-state index contributed by atoms with van der Waals surface area (Å²) in [5, 5.41) is 30.5. The summed E-state index contributed by atoms with van der Waals surface area (Å²) in [7, 11) is 0. The number of nitrogens with zero attached hydrogens (tertiary/aromatic N) is 1. The van der Waals surface area contributed by atoms with Crippen LogP contribution in [0.1, 0.15) is 0 Å². The molecule has 0 aromatic heterocycles. The summed E-state index contributed by atoms with van der Waals surface area (Å²) in [6, 6.07) is 0. The molecule has 3 N–H and O–H groups in total. The monoisotopic (exact) mass is 125 g/mol. The first kappa shape index (κ1) is 7.08. The van der Waals surface area contributed by atoms with Gasteiger partial charge in [0.15, 0.2) is 0 Å². The number of aliphatic hydroxyl groups is 3. The average Bonchev–Trinajstić information content (AvgIpc) is 1.21. The molecule has 0 unspecified atom stereocenters. The first-order valence-electron chi connectivity index (χ1n) is 1.42. The molecule has 7 nitrogen and oxygen atoms in total. The second kappa shape index (κ2) is 1.90. The van der Waals surface area contributed by atoms with Crippen LogP contribution < -0.4 is 0 Å². The molecule has 0 amide bonds. The van der Waals surface area contributed by atoms with Crippen molar-refractivity contribution in [3.05, 3.63) is 10.1 Å².